The first kappa shape index (κ1) is 14.1. The molecule has 0 amide bonds. The minimum Gasteiger partial charge on any atom is -0.388 e. The van der Waals surface area contributed by atoms with Crippen LogP contribution in [0.25, 0.3) is 10.2 Å². The average Bonchev–Trinajstić information content (AvgIpc) is 2.79. The summed E-state index contributed by atoms with van der Waals surface area (Å²) < 4.78 is 0.993. The summed E-state index contributed by atoms with van der Waals surface area (Å²) in [5.41, 5.74) is 7.79. The average molecular weight is 336 g/mol. The third-order valence-corrected chi connectivity index (χ3v) is 4.05. The van der Waals surface area contributed by atoms with Crippen LogP contribution in [0.4, 0.5) is 11.1 Å². The molecule has 0 bridgehead atoms. The second kappa shape index (κ2) is 5.51. The number of benzene rings is 1. The Morgan fingerprint density at radius 3 is 2.86 bits per heavy atom. The van der Waals surface area contributed by atoms with Crippen molar-refractivity contribution in [2.75, 3.05) is 5.32 Å². The van der Waals surface area contributed by atoms with E-state index >= 15 is 0 Å². The Kier molecular flexibility index (Phi) is 3.71. The molecular weight excluding hydrogens is 326 g/mol. The molecule has 0 saturated heterocycles. The van der Waals surface area contributed by atoms with E-state index in [0.29, 0.717) is 21.8 Å². The van der Waals surface area contributed by atoms with Gasteiger partial charge in [-0.2, -0.15) is 0 Å². The van der Waals surface area contributed by atoms with E-state index in [1.165, 1.54) is 11.3 Å². The lowest BCUT2D eigenvalue weighted by Gasteiger charge is -2.04. The van der Waals surface area contributed by atoms with Gasteiger partial charge in [0.05, 0.1) is 10.2 Å². The molecule has 2 heterocycles. The maximum absolute atomic E-state index is 5.97. The zero-order valence-corrected chi connectivity index (χ0v) is 13.3. The largest absolute Gasteiger partial charge is 0.388 e. The highest BCUT2D eigenvalue weighted by atomic mass is 35.5. The van der Waals surface area contributed by atoms with Gasteiger partial charge in [0, 0.05) is 10.7 Å². The number of anilines is 2. The van der Waals surface area contributed by atoms with Crippen molar-refractivity contribution >= 4 is 61.4 Å². The van der Waals surface area contributed by atoms with Gasteiger partial charge >= 0.3 is 0 Å². The number of hydrogen-bond donors (Lipinski definition) is 2. The number of halogens is 1. The van der Waals surface area contributed by atoms with Gasteiger partial charge < -0.3 is 5.73 Å². The molecule has 3 rings (SSSR count). The number of rotatable bonds is 3. The van der Waals surface area contributed by atoms with E-state index in [0.717, 1.165) is 15.9 Å². The molecule has 0 unspecified atom stereocenters. The zero-order chi connectivity index (χ0) is 15.0. The second-order valence-corrected chi connectivity index (χ2v) is 6.25. The molecule has 1 aromatic carbocycles. The summed E-state index contributed by atoms with van der Waals surface area (Å²) in [6.45, 7) is 1.85. The molecule has 0 aliphatic carbocycles. The summed E-state index contributed by atoms with van der Waals surface area (Å²) in [6.07, 6.45) is 0. The summed E-state index contributed by atoms with van der Waals surface area (Å²) in [7, 11) is 0. The molecule has 5 nitrogen and oxygen atoms in total. The highest BCUT2D eigenvalue weighted by Crippen LogP contribution is 2.29. The van der Waals surface area contributed by atoms with Crippen molar-refractivity contribution in [3.63, 3.8) is 0 Å². The Morgan fingerprint density at radius 2 is 2.10 bits per heavy atom. The van der Waals surface area contributed by atoms with Crippen LogP contribution < -0.4 is 11.1 Å². The molecule has 0 aliphatic rings. The minimum atomic E-state index is 0.236. The van der Waals surface area contributed by atoms with E-state index in [4.69, 9.17) is 29.6 Å². The number of aromatic nitrogens is 3. The molecule has 3 aromatic rings. The molecule has 0 fully saturated rings. The summed E-state index contributed by atoms with van der Waals surface area (Å²) in [6, 6.07) is 7.29. The fourth-order valence-corrected chi connectivity index (χ4v) is 3.04. The van der Waals surface area contributed by atoms with Crippen LogP contribution in [0.1, 0.15) is 11.4 Å². The standard InChI is InChI=1S/C13H10ClN5S2/c1-6-4-9(11(15)20)17-12(16-6)19-13-18-8-3-2-7(14)5-10(8)21-13/h2-5H,1H3,(H2,15,20)(H,16,17,18,19). The van der Waals surface area contributed by atoms with E-state index in [1.807, 2.05) is 25.1 Å². The molecule has 0 aliphatic heterocycles. The van der Waals surface area contributed by atoms with Crippen molar-refractivity contribution in [2.45, 2.75) is 6.92 Å². The first-order chi connectivity index (χ1) is 10.0. The van der Waals surface area contributed by atoms with Crippen LogP contribution in [0.5, 0.6) is 0 Å². The zero-order valence-electron chi connectivity index (χ0n) is 10.9. The Hall–Kier alpha value is -1.83. The molecule has 21 heavy (non-hydrogen) atoms. The fourth-order valence-electron chi connectivity index (χ4n) is 1.80. The van der Waals surface area contributed by atoms with Crippen molar-refractivity contribution in [3.05, 3.63) is 40.7 Å². The number of thiocarbonyl (C=S) groups is 1. The van der Waals surface area contributed by atoms with Crippen molar-refractivity contribution in [2.24, 2.45) is 5.73 Å². The summed E-state index contributed by atoms with van der Waals surface area (Å²) in [4.78, 5) is 13.3. The SMILES string of the molecule is Cc1cc(C(N)=S)nc(Nc2nc3ccc(Cl)cc3s2)n1. The normalized spacial score (nSPS) is 10.8. The lowest BCUT2D eigenvalue weighted by molar-refractivity contribution is 1.09. The highest BCUT2D eigenvalue weighted by Gasteiger charge is 2.08. The van der Waals surface area contributed by atoms with Gasteiger partial charge in [0.1, 0.15) is 10.7 Å². The number of aryl methyl sites for hydroxylation is 1. The van der Waals surface area contributed by atoms with E-state index in [1.54, 1.807) is 6.07 Å². The quantitative estimate of drug-likeness (QED) is 0.714. The van der Waals surface area contributed by atoms with Crippen LogP contribution in [-0.4, -0.2) is 19.9 Å². The predicted octanol–water partition coefficient (Wildman–Crippen LogP) is 3.43. The number of nitrogens with zero attached hydrogens (tertiary/aromatic N) is 3. The molecule has 2 aromatic heterocycles. The van der Waals surface area contributed by atoms with Crippen LogP contribution in [0, 0.1) is 6.92 Å². The molecule has 0 saturated carbocycles. The van der Waals surface area contributed by atoms with Gasteiger partial charge in [-0.1, -0.05) is 35.2 Å². The van der Waals surface area contributed by atoms with Crippen LogP contribution >= 0.6 is 35.2 Å². The summed E-state index contributed by atoms with van der Waals surface area (Å²) in [5, 5.41) is 4.44. The maximum atomic E-state index is 5.97. The van der Waals surface area contributed by atoms with Crippen molar-refractivity contribution < 1.29 is 0 Å². The molecule has 0 atom stereocenters. The minimum absolute atomic E-state index is 0.236. The molecule has 0 radical (unpaired) electrons. The van der Waals surface area contributed by atoms with E-state index in [2.05, 4.69) is 20.3 Å². The van der Waals surface area contributed by atoms with Gasteiger partial charge in [0.15, 0.2) is 5.13 Å². The number of nitrogens with two attached hydrogens (primary N) is 1. The Bertz CT molecular complexity index is 846. The summed E-state index contributed by atoms with van der Waals surface area (Å²) >= 11 is 12.4. The van der Waals surface area contributed by atoms with Crippen LogP contribution in [0.2, 0.25) is 5.02 Å². The van der Waals surface area contributed by atoms with E-state index in [-0.39, 0.29) is 4.99 Å². The molecule has 8 heteroatoms. The number of fused-ring (bicyclic) bond motifs is 1. The van der Waals surface area contributed by atoms with Gasteiger partial charge in [0.2, 0.25) is 5.95 Å². The third kappa shape index (κ3) is 3.10. The number of thiazole rings is 1. The topological polar surface area (TPSA) is 76.7 Å². The van der Waals surface area contributed by atoms with Crippen molar-refractivity contribution in [1.82, 2.24) is 15.0 Å². The Morgan fingerprint density at radius 1 is 1.29 bits per heavy atom. The van der Waals surface area contributed by atoms with E-state index in [9.17, 15) is 0 Å². The molecule has 3 N–H and O–H groups in total. The smallest absolute Gasteiger partial charge is 0.229 e. The molecular formula is C13H10ClN5S2. The third-order valence-electron chi connectivity index (χ3n) is 2.68. The monoisotopic (exact) mass is 335 g/mol. The maximum Gasteiger partial charge on any atom is 0.229 e. The Labute approximate surface area is 135 Å². The van der Waals surface area contributed by atoms with Crippen LogP contribution in [0.15, 0.2) is 24.3 Å². The second-order valence-electron chi connectivity index (χ2n) is 4.34. The lowest BCUT2D eigenvalue weighted by Crippen LogP contribution is -2.13. The van der Waals surface area contributed by atoms with Gasteiger partial charge in [-0.25, -0.2) is 15.0 Å². The van der Waals surface area contributed by atoms with Gasteiger partial charge in [-0.3, -0.25) is 5.32 Å². The highest BCUT2D eigenvalue weighted by molar-refractivity contribution is 7.80. The van der Waals surface area contributed by atoms with Crippen LogP contribution in [0.3, 0.4) is 0 Å². The van der Waals surface area contributed by atoms with Gasteiger partial charge in [0.25, 0.3) is 0 Å². The number of nitrogens with one attached hydrogen (secondary N) is 1. The first-order valence-corrected chi connectivity index (χ1v) is 7.60. The molecule has 0 spiro atoms. The first-order valence-electron chi connectivity index (χ1n) is 6.00. The predicted molar refractivity (Wildman–Crippen MR) is 90.6 cm³/mol. The summed E-state index contributed by atoms with van der Waals surface area (Å²) in [5.74, 6) is 0.419. The van der Waals surface area contributed by atoms with Gasteiger partial charge in [-0.15, -0.1) is 0 Å². The Balaban J connectivity index is 1.96. The molecule has 106 valence electrons. The van der Waals surface area contributed by atoms with Crippen molar-refractivity contribution in [1.29, 1.82) is 0 Å². The fraction of sp³-hybridized carbons (Fsp3) is 0.0769. The number of hydrogen-bond acceptors (Lipinski definition) is 6. The van der Waals surface area contributed by atoms with Crippen molar-refractivity contribution in [3.8, 4) is 0 Å². The lowest BCUT2D eigenvalue weighted by atomic mass is 10.3. The van der Waals surface area contributed by atoms with Crippen LogP contribution in [-0.2, 0) is 0 Å². The van der Waals surface area contributed by atoms with E-state index < -0.39 is 0 Å². The van der Waals surface area contributed by atoms with Gasteiger partial charge in [-0.05, 0) is 31.2 Å².